The number of ether oxygens (including phenoxy) is 1. The molecule has 2 aromatic carbocycles. The van der Waals surface area contributed by atoms with E-state index in [9.17, 15) is 17.8 Å². The molecular weight excluding hydrogens is 396 g/mol. The first-order valence-corrected chi connectivity index (χ1v) is 9.79. The van der Waals surface area contributed by atoms with Gasteiger partial charge in [-0.15, -0.1) is 0 Å². The van der Waals surface area contributed by atoms with Crippen molar-refractivity contribution in [1.82, 2.24) is 0 Å². The van der Waals surface area contributed by atoms with Crippen LogP contribution in [0.3, 0.4) is 0 Å². The molecule has 0 spiro atoms. The lowest BCUT2D eigenvalue weighted by Gasteiger charge is -2.15. The second-order valence-electron chi connectivity index (χ2n) is 5.12. The van der Waals surface area contributed by atoms with E-state index in [-0.39, 0.29) is 10.9 Å². The highest BCUT2D eigenvalue weighted by atomic mass is 79.9. The van der Waals surface area contributed by atoms with Gasteiger partial charge in [-0.3, -0.25) is 9.35 Å². The van der Waals surface area contributed by atoms with E-state index in [1.54, 1.807) is 37.3 Å². The molecule has 0 fully saturated rings. The van der Waals surface area contributed by atoms with E-state index in [4.69, 9.17) is 4.74 Å². The minimum atomic E-state index is -4.53. The van der Waals surface area contributed by atoms with Gasteiger partial charge >= 0.3 is 0 Å². The van der Waals surface area contributed by atoms with Gasteiger partial charge < -0.3 is 4.74 Å². The van der Waals surface area contributed by atoms with Gasteiger partial charge in [0.05, 0.1) is 11.9 Å². The van der Waals surface area contributed by atoms with Crippen molar-refractivity contribution < 1.29 is 22.5 Å². The molecule has 0 unspecified atom stereocenters. The SMILES string of the molecule is CCOc1cccc(-c2c(C)ccc(S(=O)(=O)O)c2C(=O)CBr)c1. The molecule has 0 aliphatic heterocycles. The van der Waals surface area contributed by atoms with Gasteiger partial charge in [0.1, 0.15) is 10.6 Å². The lowest BCUT2D eigenvalue weighted by molar-refractivity contribution is 0.102. The first kappa shape index (κ1) is 18.6. The lowest BCUT2D eigenvalue weighted by atomic mass is 9.93. The normalized spacial score (nSPS) is 11.3. The summed E-state index contributed by atoms with van der Waals surface area (Å²) in [4.78, 5) is 12.0. The summed E-state index contributed by atoms with van der Waals surface area (Å²) in [6.07, 6.45) is 0. The third-order valence-electron chi connectivity index (χ3n) is 3.49. The van der Waals surface area contributed by atoms with Crippen molar-refractivity contribution in [3.8, 4) is 16.9 Å². The number of carbonyl (C=O) groups excluding carboxylic acids is 1. The molecule has 0 aliphatic carbocycles. The van der Waals surface area contributed by atoms with Crippen LogP contribution in [-0.2, 0) is 10.1 Å². The minimum Gasteiger partial charge on any atom is -0.494 e. The fourth-order valence-corrected chi connectivity index (χ4v) is 3.52. The Hall–Kier alpha value is -1.70. The van der Waals surface area contributed by atoms with Gasteiger partial charge in [0.15, 0.2) is 5.78 Å². The van der Waals surface area contributed by atoms with Crippen LogP contribution >= 0.6 is 15.9 Å². The Bertz CT molecular complexity index is 875. The third kappa shape index (κ3) is 3.85. The molecule has 0 heterocycles. The summed E-state index contributed by atoms with van der Waals surface area (Å²) in [6, 6.07) is 9.87. The quantitative estimate of drug-likeness (QED) is 0.442. The number of benzene rings is 2. The molecule has 5 nitrogen and oxygen atoms in total. The van der Waals surface area contributed by atoms with Crippen LogP contribution in [0.15, 0.2) is 41.3 Å². The number of carbonyl (C=O) groups is 1. The smallest absolute Gasteiger partial charge is 0.295 e. The first-order valence-electron chi connectivity index (χ1n) is 7.23. The number of rotatable bonds is 6. The average Bonchev–Trinajstić information content (AvgIpc) is 2.53. The van der Waals surface area contributed by atoms with Gasteiger partial charge in [0.25, 0.3) is 10.1 Å². The molecule has 2 rings (SSSR count). The van der Waals surface area contributed by atoms with Gasteiger partial charge in [0.2, 0.25) is 0 Å². The number of alkyl halides is 1. The number of aryl methyl sites for hydroxylation is 1. The largest absolute Gasteiger partial charge is 0.494 e. The van der Waals surface area contributed by atoms with Crippen LogP contribution in [0.5, 0.6) is 5.75 Å². The predicted octanol–water partition coefficient (Wildman–Crippen LogP) is 3.89. The minimum absolute atomic E-state index is 0.0250. The van der Waals surface area contributed by atoms with E-state index in [0.29, 0.717) is 23.5 Å². The fourth-order valence-electron chi connectivity index (χ4n) is 2.53. The van der Waals surface area contributed by atoms with Crippen LogP contribution in [0.25, 0.3) is 11.1 Å². The highest BCUT2D eigenvalue weighted by molar-refractivity contribution is 9.09. The van der Waals surface area contributed by atoms with Gasteiger partial charge in [-0.1, -0.05) is 34.1 Å². The summed E-state index contributed by atoms with van der Waals surface area (Å²) in [5, 5.41) is -0.0584. The van der Waals surface area contributed by atoms with E-state index >= 15 is 0 Å². The van der Waals surface area contributed by atoms with Crippen LogP contribution in [0.1, 0.15) is 22.8 Å². The van der Waals surface area contributed by atoms with E-state index in [0.717, 1.165) is 5.56 Å². The predicted molar refractivity (Wildman–Crippen MR) is 95.7 cm³/mol. The Morgan fingerprint density at radius 3 is 2.54 bits per heavy atom. The molecule has 0 bridgehead atoms. The van der Waals surface area contributed by atoms with Crippen LogP contribution in [0.4, 0.5) is 0 Å². The molecule has 0 saturated heterocycles. The average molecular weight is 413 g/mol. The molecule has 1 N–H and O–H groups in total. The monoisotopic (exact) mass is 412 g/mol. The number of hydrogen-bond donors (Lipinski definition) is 1. The number of halogens is 1. The first-order chi connectivity index (χ1) is 11.3. The summed E-state index contributed by atoms with van der Waals surface area (Å²) in [6.45, 7) is 4.12. The highest BCUT2D eigenvalue weighted by Crippen LogP contribution is 2.34. The summed E-state index contributed by atoms with van der Waals surface area (Å²) in [5.41, 5.74) is 1.81. The Morgan fingerprint density at radius 2 is 1.96 bits per heavy atom. The molecule has 0 saturated carbocycles. The maximum Gasteiger partial charge on any atom is 0.295 e. The second kappa shape index (κ2) is 7.46. The van der Waals surface area contributed by atoms with Gasteiger partial charge in [-0.25, -0.2) is 0 Å². The molecule has 128 valence electrons. The second-order valence-corrected chi connectivity index (χ2v) is 7.07. The molecule has 0 atom stereocenters. The molecule has 2 aromatic rings. The van der Waals surface area contributed by atoms with Gasteiger partial charge in [0, 0.05) is 5.56 Å². The summed E-state index contributed by atoms with van der Waals surface area (Å²) in [5.74, 6) is 0.187. The molecule has 0 aliphatic rings. The third-order valence-corrected chi connectivity index (χ3v) is 4.89. The van der Waals surface area contributed by atoms with E-state index in [1.165, 1.54) is 6.07 Å². The van der Waals surface area contributed by atoms with Crippen molar-refractivity contribution in [2.45, 2.75) is 18.7 Å². The number of Topliss-reactive ketones (excluding diaryl/α,β-unsaturated/α-hetero) is 1. The Labute approximate surface area is 149 Å². The Kier molecular flexibility index (Phi) is 5.79. The highest BCUT2D eigenvalue weighted by Gasteiger charge is 2.25. The molecule has 0 aromatic heterocycles. The fraction of sp³-hybridized carbons (Fsp3) is 0.235. The Balaban J connectivity index is 2.82. The van der Waals surface area contributed by atoms with E-state index in [1.807, 2.05) is 6.92 Å². The molecule has 24 heavy (non-hydrogen) atoms. The van der Waals surface area contributed by atoms with Crippen molar-refractivity contribution in [2.24, 2.45) is 0 Å². The van der Waals surface area contributed by atoms with E-state index in [2.05, 4.69) is 15.9 Å². The van der Waals surface area contributed by atoms with Crippen LogP contribution in [0, 0.1) is 6.92 Å². The summed E-state index contributed by atoms with van der Waals surface area (Å²) < 4.78 is 38.4. The van der Waals surface area contributed by atoms with E-state index < -0.39 is 20.8 Å². The van der Waals surface area contributed by atoms with Gasteiger partial charge in [-0.2, -0.15) is 8.42 Å². The van der Waals surface area contributed by atoms with Crippen LogP contribution in [-0.4, -0.2) is 30.7 Å². The molecule has 0 amide bonds. The topological polar surface area (TPSA) is 80.7 Å². The molecular formula is C17H17BrO5S. The molecule has 0 radical (unpaired) electrons. The standard InChI is InChI=1S/C17H17BrO5S/c1-3-23-13-6-4-5-12(9-13)16-11(2)7-8-15(24(20,21)22)17(16)14(19)10-18/h4-9H,3,10H2,1-2H3,(H,20,21,22). The summed E-state index contributed by atoms with van der Waals surface area (Å²) in [7, 11) is -4.53. The molecule has 7 heteroatoms. The maximum absolute atomic E-state index is 12.4. The lowest BCUT2D eigenvalue weighted by Crippen LogP contribution is -2.12. The van der Waals surface area contributed by atoms with Crippen LogP contribution < -0.4 is 4.74 Å². The zero-order valence-corrected chi connectivity index (χ0v) is 15.6. The summed E-state index contributed by atoms with van der Waals surface area (Å²) >= 11 is 3.07. The Morgan fingerprint density at radius 1 is 1.25 bits per heavy atom. The maximum atomic E-state index is 12.4. The van der Waals surface area contributed by atoms with Crippen molar-refractivity contribution in [3.63, 3.8) is 0 Å². The van der Waals surface area contributed by atoms with Crippen molar-refractivity contribution >= 4 is 31.8 Å². The van der Waals surface area contributed by atoms with Crippen molar-refractivity contribution in [2.75, 3.05) is 11.9 Å². The van der Waals surface area contributed by atoms with Gasteiger partial charge in [-0.05, 0) is 48.7 Å². The van der Waals surface area contributed by atoms with Crippen molar-refractivity contribution in [3.05, 3.63) is 47.5 Å². The number of hydrogen-bond acceptors (Lipinski definition) is 4. The zero-order valence-electron chi connectivity index (χ0n) is 13.2. The zero-order chi connectivity index (χ0) is 17.9. The van der Waals surface area contributed by atoms with Crippen LogP contribution in [0.2, 0.25) is 0 Å². The van der Waals surface area contributed by atoms with Crippen molar-refractivity contribution in [1.29, 1.82) is 0 Å². The number of ketones is 1.